The van der Waals surface area contributed by atoms with Crippen LogP contribution in [0.5, 0.6) is 5.75 Å². The highest BCUT2D eigenvalue weighted by Gasteiger charge is 2.32. The van der Waals surface area contributed by atoms with E-state index in [4.69, 9.17) is 27.2 Å². The van der Waals surface area contributed by atoms with Gasteiger partial charge in [-0.1, -0.05) is 55.5 Å². The molecule has 0 atom stereocenters. The number of carbonyl (C=O) groups is 2. The van der Waals surface area contributed by atoms with Crippen LogP contribution < -0.4 is 4.74 Å². The van der Waals surface area contributed by atoms with Gasteiger partial charge in [0.15, 0.2) is 0 Å². The third-order valence-corrected chi connectivity index (χ3v) is 7.48. The van der Waals surface area contributed by atoms with Gasteiger partial charge in [-0.05, 0) is 68.2 Å². The zero-order valence-corrected chi connectivity index (χ0v) is 23.2. The molecule has 3 aromatic rings. The number of unbranched alkanes of at least 4 members (excludes halogenated alkanes) is 2. The molecule has 0 aliphatic carbocycles. The molecule has 198 valence electrons. The molecule has 1 fully saturated rings. The highest BCUT2D eigenvalue weighted by Crippen LogP contribution is 2.36. The highest BCUT2D eigenvalue weighted by atomic mass is 32.2. The summed E-state index contributed by atoms with van der Waals surface area (Å²) in [6.45, 7) is 5.24. The number of aromatic nitrogens is 2. The molecule has 7 nitrogen and oxygen atoms in total. The molecule has 1 aliphatic rings. The zero-order valence-electron chi connectivity index (χ0n) is 21.6. The smallest absolute Gasteiger partial charge is 0.303 e. The van der Waals surface area contributed by atoms with Crippen LogP contribution in [0.3, 0.4) is 0 Å². The van der Waals surface area contributed by atoms with Gasteiger partial charge in [-0.3, -0.25) is 14.5 Å². The number of carboxylic acid groups (broad SMARTS) is 1. The Labute approximate surface area is 232 Å². The van der Waals surface area contributed by atoms with Crippen molar-refractivity contribution >= 4 is 46.3 Å². The molecule has 1 aliphatic heterocycles. The molecule has 0 bridgehead atoms. The van der Waals surface area contributed by atoms with Gasteiger partial charge in [0.1, 0.15) is 15.8 Å². The van der Waals surface area contributed by atoms with Gasteiger partial charge in [-0.25, -0.2) is 4.68 Å². The van der Waals surface area contributed by atoms with Crippen molar-refractivity contribution < 1.29 is 19.4 Å². The Hall–Kier alpha value is -3.43. The molecule has 38 heavy (non-hydrogen) atoms. The molecule has 9 heteroatoms. The quantitative estimate of drug-likeness (QED) is 0.157. The van der Waals surface area contributed by atoms with Crippen LogP contribution in [-0.4, -0.2) is 49.1 Å². The minimum absolute atomic E-state index is 0.129. The highest BCUT2D eigenvalue weighted by molar-refractivity contribution is 8.26. The number of thiocarbonyl (C=S) groups is 1. The number of thioether (sulfide) groups is 1. The summed E-state index contributed by atoms with van der Waals surface area (Å²) in [7, 11) is 0. The second kappa shape index (κ2) is 12.9. The lowest BCUT2D eigenvalue weighted by Crippen LogP contribution is -2.29. The number of para-hydroxylation sites is 1. The molecule has 1 aromatic heterocycles. The van der Waals surface area contributed by atoms with E-state index in [0.717, 1.165) is 46.7 Å². The van der Waals surface area contributed by atoms with Gasteiger partial charge in [0.25, 0.3) is 5.91 Å². The molecule has 1 saturated heterocycles. The predicted octanol–water partition coefficient (Wildman–Crippen LogP) is 6.48. The van der Waals surface area contributed by atoms with Gasteiger partial charge in [-0.15, -0.1) is 0 Å². The van der Waals surface area contributed by atoms with Crippen LogP contribution in [0.4, 0.5) is 0 Å². The number of nitrogens with zero attached hydrogens (tertiary/aromatic N) is 3. The summed E-state index contributed by atoms with van der Waals surface area (Å²) in [5.41, 5.74) is 4.45. The summed E-state index contributed by atoms with van der Waals surface area (Å²) >= 11 is 6.79. The third kappa shape index (κ3) is 6.71. The monoisotopic (exact) mass is 549 g/mol. The lowest BCUT2D eigenvalue weighted by Gasteiger charge is -2.13. The largest absolute Gasteiger partial charge is 0.493 e. The van der Waals surface area contributed by atoms with Crippen molar-refractivity contribution in [2.75, 3.05) is 13.2 Å². The van der Waals surface area contributed by atoms with Crippen molar-refractivity contribution in [2.24, 2.45) is 0 Å². The van der Waals surface area contributed by atoms with E-state index >= 15 is 0 Å². The Morgan fingerprint density at radius 1 is 1.16 bits per heavy atom. The predicted molar refractivity (Wildman–Crippen MR) is 156 cm³/mol. The van der Waals surface area contributed by atoms with E-state index in [9.17, 15) is 9.59 Å². The normalized spacial score (nSPS) is 14.5. The number of aryl methyl sites for hydroxylation is 1. The average molecular weight is 550 g/mol. The number of benzene rings is 2. The summed E-state index contributed by atoms with van der Waals surface area (Å²) in [5.74, 6) is -0.0799. The summed E-state index contributed by atoms with van der Waals surface area (Å²) in [6, 6.07) is 15.9. The average Bonchev–Trinajstić information content (AvgIpc) is 3.44. The van der Waals surface area contributed by atoms with Gasteiger partial charge in [-0.2, -0.15) is 5.10 Å². The zero-order chi connectivity index (χ0) is 27.1. The number of amides is 1. The Kier molecular flexibility index (Phi) is 9.36. The maximum absolute atomic E-state index is 13.2. The van der Waals surface area contributed by atoms with Crippen molar-refractivity contribution in [3.8, 4) is 22.7 Å². The number of rotatable bonds is 12. The lowest BCUT2D eigenvalue weighted by atomic mass is 10.0. The fourth-order valence-electron chi connectivity index (χ4n) is 4.16. The number of ether oxygens (including phenoxy) is 1. The topological polar surface area (TPSA) is 84.7 Å². The molecular weight excluding hydrogens is 518 g/mol. The lowest BCUT2D eigenvalue weighted by molar-refractivity contribution is -0.137. The van der Waals surface area contributed by atoms with Gasteiger partial charge in [0, 0.05) is 30.3 Å². The van der Waals surface area contributed by atoms with E-state index in [1.54, 1.807) is 4.90 Å². The van der Waals surface area contributed by atoms with Gasteiger partial charge >= 0.3 is 5.97 Å². The first-order valence-electron chi connectivity index (χ1n) is 12.7. The van der Waals surface area contributed by atoms with Crippen molar-refractivity contribution in [1.29, 1.82) is 0 Å². The summed E-state index contributed by atoms with van der Waals surface area (Å²) in [6.07, 6.45) is 6.89. The second-order valence-corrected chi connectivity index (χ2v) is 10.8. The Balaban J connectivity index is 1.62. The molecule has 0 unspecified atom stereocenters. The van der Waals surface area contributed by atoms with E-state index < -0.39 is 5.97 Å². The molecule has 2 heterocycles. The van der Waals surface area contributed by atoms with E-state index in [1.807, 2.05) is 66.3 Å². The Bertz CT molecular complexity index is 1350. The van der Waals surface area contributed by atoms with Crippen LogP contribution in [0.25, 0.3) is 23.0 Å². The molecule has 0 radical (unpaired) electrons. The number of hydrogen-bond donors (Lipinski definition) is 1. The maximum atomic E-state index is 13.2. The van der Waals surface area contributed by atoms with Crippen molar-refractivity contribution in [3.63, 3.8) is 0 Å². The van der Waals surface area contributed by atoms with Crippen LogP contribution >= 0.6 is 24.0 Å². The number of hydrogen-bond acceptors (Lipinski definition) is 6. The number of carbonyl (C=O) groups excluding carboxylic acids is 1. The van der Waals surface area contributed by atoms with Gasteiger partial charge in [0.2, 0.25) is 0 Å². The van der Waals surface area contributed by atoms with Crippen LogP contribution in [0.2, 0.25) is 0 Å². The first-order chi connectivity index (χ1) is 18.4. The van der Waals surface area contributed by atoms with Crippen LogP contribution in [0.15, 0.2) is 59.6 Å². The van der Waals surface area contributed by atoms with E-state index in [1.165, 1.54) is 11.8 Å². The first-order valence-corrected chi connectivity index (χ1v) is 14.0. The van der Waals surface area contributed by atoms with Crippen molar-refractivity contribution in [2.45, 2.75) is 46.0 Å². The van der Waals surface area contributed by atoms with E-state index in [0.29, 0.717) is 35.2 Å². The van der Waals surface area contributed by atoms with Crippen LogP contribution in [0.1, 0.15) is 50.2 Å². The summed E-state index contributed by atoms with van der Waals surface area (Å²) in [4.78, 5) is 26.1. The van der Waals surface area contributed by atoms with Crippen molar-refractivity contribution in [1.82, 2.24) is 14.7 Å². The molecule has 2 aromatic carbocycles. The fraction of sp³-hybridized carbons (Fsp3) is 0.310. The fourth-order valence-corrected chi connectivity index (χ4v) is 5.46. The Morgan fingerprint density at radius 3 is 2.66 bits per heavy atom. The van der Waals surface area contributed by atoms with Gasteiger partial charge in [0.05, 0.1) is 17.2 Å². The summed E-state index contributed by atoms with van der Waals surface area (Å²) < 4.78 is 8.19. The maximum Gasteiger partial charge on any atom is 0.303 e. The van der Waals surface area contributed by atoms with E-state index in [-0.39, 0.29) is 12.3 Å². The number of aliphatic carboxylic acids is 1. The summed E-state index contributed by atoms with van der Waals surface area (Å²) in [5, 5.41) is 13.7. The molecule has 1 amide bonds. The van der Waals surface area contributed by atoms with Crippen molar-refractivity contribution in [3.05, 3.63) is 70.8 Å². The standard InChI is InChI=1S/C29H31N3O4S2/c1-3-16-36-24-14-13-21(17-20(24)2)27-22(19-32(30-27)23-10-6-4-7-11-23)18-25-28(35)31(29(37)38-25)15-9-5-8-12-26(33)34/h4,6-7,10-11,13-14,17-19H,3,5,8-9,12,15-16H2,1-2H3,(H,33,34). The number of carboxylic acids is 1. The van der Waals surface area contributed by atoms with E-state index in [2.05, 4.69) is 13.0 Å². The molecule has 0 saturated carbocycles. The minimum atomic E-state index is -0.802. The third-order valence-electron chi connectivity index (χ3n) is 6.11. The SMILES string of the molecule is CCCOc1ccc(-c2nn(-c3ccccc3)cc2C=C2SC(=S)N(CCCCCC(=O)O)C2=O)cc1C. The first kappa shape index (κ1) is 27.6. The van der Waals surface area contributed by atoms with Crippen LogP contribution in [-0.2, 0) is 9.59 Å². The Morgan fingerprint density at radius 2 is 1.95 bits per heavy atom. The minimum Gasteiger partial charge on any atom is -0.493 e. The van der Waals surface area contributed by atoms with Gasteiger partial charge < -0.3 is 9.84 Å². The molecule has 0 spiro atoms. The molecule has 4 rings (SSSR count). The molecule has 1 N–H and O–H groups in total. The second-order valence-electron chi connectivity index (χ2n) is 9.08. The molecular formula is C29H31N3O4S2. The van der Waals surface area contributed by atoms with Crippen LogP contribution in [0, 0.1) is 6.92 Å².